The van der Waals surface area contributed by atoms with Crippen molar-refractivity contribution in [2.75, 3.05) is 46.3 Å². The number of hydrogen-bond acceptors (Lipinski definition) is 4. The first-order valence-corrected chi connectivity index (χ1v) is 7.08. The van der Waals surface area contributed by atoms with Gasteiger partial charge in [0, 0.05) is 25.7 Å². The van der Waals surface area contributed by atoms with Crippen LogP contribution in [-0.4, -0.2) is 73.4 Å². The van der Waals surface area contributed by atoms with Gasteiger partial charge in [0.2, 0.25) is 0 Å². The van der Waals surface area contributed by atoms with Crippen molar-refractivity contribution < 1.29 is 5.11 Å². The Labute approximate surface area is 105 Å². The Hall–Kier alpha value is -0.160. The highest BCUT2D eigenvalue weighted by Gasteiger charge is 2.28. The number of piperidine rings is 1. The Morgan fingerprint density at radius 2 is 2.00 bits per heavy atom. The molecule has 4 heteroatoms. The maximum absolute atomic E-state index is 9.79. The Kier molecular flexibility index (Phi) is 5.22. The van der Waals surface area contributed by atoms with Crippen LogP contribution in [-0.2, 0) is 0 Å². The lowest BCUT2D eigenvalue weighted by Crippen LogP contribution is -2.42. The van der Waals surface area contributed by atoms with E-state index in [4.69, 9.17) is 0 Å². The molecule has 100 valence electrons. The van der Waals surface area contributed by atoms with Gasteiger partial charge >= 0.3 is 0 Å². The fourth-order valence-electron chi connectivity index (χ4n) is 3.16. The molecule has 2 saturated heterocycles. The van der Waals surface area contributed by atoms with Crippen molar-refractivity contribution in [3.05, 3.63) is 0 Å². The van der Waals surface area contributed by atoms with Crippen LogP contribution in [0.2, 0.25) is 0 Å². The summed E-state index contributed by atoms with van der Waals surface area (Å²) in [5.74, 6) is 0. The lowest BCUT2D eigenvalue weighted by atomic mass is 10.1. The number of β-amino-alcohol motifs (C(OH)–C–C–N with tert-alkyl or cyclic N) is 1. The van der Waals surface area contributed by atoms with Crippen LogP contribution in [0.4, 0.5) is 0 Å². The second-order valence-corrected chi connectivity index (χ2v) is 5.51. The van der Waals surface area contributed by atoms with Gasteiger partial charge in [0.1, 0.15) is 0 Å². The lowest BCUT2D eigenvalue weighted by molar-refractivity contribution is 0.114. The molecule has 2 N–H and O–H groups in total. The molecule has 2 fully saturated rings. The Morgan fingerprint density at radius 3 is 2.71 bits per heavy atom. The highest BCUT2D eigenvalue weighted by Crippen LogP contribution is 2.20. The van der Waals surface area contributed by atoms with Gasteiger partial charge in [-0.25, -0.2) is 0 Å². The van der Waals surface area contributed by atoms with Crippen molar-refractivity contribution >= 4 is 0 Å². The van der Waals surface area contributed by atoms with Crippen LogP contribution in [0.3, 0.4) is 0 Å². The molecule has 2 rings (SSSR count). The van der Waals surface area contributed by atoms with Crippen molar-refractivity contribution in [3.63, 3.8) is 0 Å². The second kappa shape index (κ2) is 6.69. The summed E-state index contributed by atoms with van der Waals surface area (Å²) in [5.41, 5.74) is 0. The molecule has 2 atom stereocenters. The van der Waals surface area contributed by atoms with Crippen molar-refractivity contribution in [1.82, 2.24) is 15.1 Å². The summed E-state index contributed by atoms with van der Waals surface area (Å²) in [6.45, 7) is 6.41. The van der Waals surface area contributed by atoms with E-state index in [1.54, 1.807) is 0 Å². The third kappa shape index (κ3) is 3.91. The van der Waals surface area contributed by atoms with Crippen LogP contribution in [0.1, 0.15) is 25.7 Å². The molecule has 0 aromatic heterocycles. The first kappa shape index (κ1) is 13.3. The minimum atomic E-state index is -0.222. The molecule has 0 aromatic rings. The Balaban J connectivity index is 1.71. The first-order valence-electron chi connectivity index (χ1n) is 7.08. The molecule has 0 radical (unpaired) electrons. The molecule has 2 aliphatic rings. The zero-order valence-corrected chi connectivity index (χ0v) is 11.1. The Bertz CT molecular complexity index is 219. The topological polar surface area (TPSA) is 38.7 Å². The zero-order chi connectivity index (χ0) is 12.1. The number of likely N-dealkylation sites (N-methyl/N-ethyl adjacent to an activating group) is 1. The van der Waals surface area contributed by atoms with Crippen LogP contribution in [0.25, 0.3) is 0 Å². The molecule has 4 nitrogen and oxygen atoms in total. The van der Waals surface area contributed by atoms with Crippen molar-refractivity contribution in [2.24, 2.45) is 0 Å². The van der Waals surface area contributed by atoms with Crippen LogP contribution in [0, 0.1) is 0 Å². The average molecular weight is 241 g/mol. The minimum absolute atomic E-state index is 0.222. The molecule has 0 bridgehead atoms. The van der Waals surface area contributed by atoms with E-state index in [0.717, 1.165) is 25.7 Å². The molecule has 2 heterocycles. The fourth-order valence-corrected chi connectivity index (χ4v) is 3.16. The molecule has 2 unspecified atom stereocenters. The number of rotatable bonds is 5. The predicted molar refractivity (Wildman–Crippen MR) is 70.2 cm³/mol. The van der Waals surface area contributed by atoms with E-state index in [9.17, 15) is 5.11 Å². The van der Waals surface area contributed by atoms with Crippen LogP contribution >= 0.6 is 0 Å². The van der Waals surface area contributed by atoms with Gasteiger partial charge in [-0.15, -0.1) is 0 Å². The molecule has 0 aromatic carbocycles. The molecule has 0 saturated carbocycles. The standard InChI is InChI=1S/C13H27N3O/c1-14-9-13(17)11-15-8-5-12(10-15)16-6-3-2-4-7-16/h12-14,17H,2-11H2,1H3. The van der Waals surface area contributed by atoms with Gasteiger partial charge in [0.05, 0.1) is 6.10 Å². The normalized spacial score (nSPS) is 29.6. The van der Waals surface area contributed by atoms with Crippen LogP contribution in [0.15, 0.2) is 0 Å². The first-order chi connectivity index (χ1) is 8.29. The van der Waals surface area contributed by atoms with E-state index in [0.29, 0.717) is 6.54 Å². The van der Waals surface area contributed by atoms with Crippen molar-refractivity contribution in [1.29, 1.82) is 0 Å². The largest absolute Gasteiger partial charge is 0.390 e. The summed E-state index contributed by atoms with van der Waals surface area (Å²) in [6.07, 6.45) is 5.22. The molecular weight excluding hydrogens is 214 g/mol. The van der Waals surface area contributed by atoms with Gasteiger partial charge in [-0.1, -0.05) is 6.42 Å². The third-order valence-corrected chi connectivity index (χ3v) is 4.06. The SMILES string of the molecule is CNCC(O)CN1CCC(N2CCCCC2)C1. The van der Waals surface area contributed by atoms with E-state index in [2.05, 4.69) is 15.1 Å². The molecule has 0 aliphatic carbocycles. The number of hydrogen-bond donors (Lipinski definition) is 2. The van der Waals surface area contributed by atoms with Gasteiger partial charge in [-0.2, -0.15) is 0 Å². The van der Waals surface area contributed by atoms with Gasteiger partial charge in [0.15, 0.2) is 0 Å². The predicted octanol–water partition coefficient (Wildman–Crippen LogP) is 0.127. The highest BCUT2D eigenvalue weighted by atomic mass is 16.3. The van der Waals surface area contributed by atoms with Crippen molar-refractivity contribution in [3.8, 4) is 0 Å². The van der Waals surface area contributed by atoms with Gasteiger partial charge in [-0.05, 0) is 45.9 Å². The molecule has 0 amide bonds. The zero-order valence-electron chi connectivity index (χ0n) is 11.1. The number of nitrogens with zero attached hydrogens (tertiary/aromatic N) is 2. The number of nitrogens with one attached hydrogen (secondary N) is 1. The van der Waals surface area contributed by atoms with E-state index >= 15 is 0 Å². The second-order valence-electron chi connectivity index (χ2n) is 5.51. The smallest absolute Gasteiger partial charge is 0.0791 e. The number of aliphatic hydroxyl groups is 1. The van der Waals surface area contributed by atoms with Gasteiger partial charge in [-0.3, -0.25) is 9.80 Å². The maximum atomic E-state index is 9.79. The molecule has 0 spiro atoms. The highest BCUT2D eigenvalue weighted by molar-refractivity contribution is 4.85. The third-order valence-electron chi connectivity index (χ3n) is 4.06. The number of likely N-dealkylation sites (tertiary alicyclic amines) is 2. The van der Waals surface area contributed by atoms with Crippen LogP contribution in [0.5, 0.6) is 0 Å². The van der Waals surface area contributed by atoms with Crippen molar-refractivity contribution in [2.45, 2.75) is 37.8 Å². The maximum Gasteiger partial charge on any atom is 0.0791 e. The summed E-state index contributed by atoms with van der Waals surface area (Å²) >= 11 is 0. The summed E-state index contributed by atoms with van der Waals surface area (Å²) in [4.78, 5) is 5.08. The van der Waals surface area contributed by atoms with E-state index in [-0.39, 0.29) is 6.10 Å². The molecule has 2 aliphatic heterocycles. The van der Waals surface area contributed by atoms with E-state index in [1.165, 1.54) is 38.8 Å². The quantitative estimate of drug-likeness (QED) is 0.717. The summed E-state index contributed by atoms with van der Waals surface area (Å²) in [6, 6.07) is 0.747. The van der Waals surface area contributed by atoms with Gasteiger partial charge in [0.25, 0.3) is 0 Å². The van der Waals surface area contributed by atoms with E-state index in [1.807, 2.05) is 7.05 Å². The van der Waals surface area contributed by atoms with E-state index < -0.39 is 0 Å². The fraction of sp³-hybridized carbons (Fsp3) is 1.00. The molecular formula is C13H27N3O. The number of aliphatic hydroxyl groups excluding tert-OH is 1. The van der Waals surface area contributed by atoms with Gasteiger partial charge < -0.3 is 10.4 Å². The minimum Gasteiger partial charge on any atom is -0.390 e. The van der Waals surface area contributed by atoms with Crippen LogP contribution < -0.4 is 5.32 Å². The lowest BCUT2D eigenvalue weighted by Gasteiger charge is -2.32. The Morgan fingerprint density at radius 1 is 1.24 bits per heavy atom. The summed E-state index contributed by atoms with van der Waals surface area (Å²) in [7, 11) is 1.89. The molecule has 17 heavy (non-hydrogen) atoms. The monoisotopic (exact) mass is 241 g/mol. The summed E-state index contributed by atoms with van der Waals surface area (Å²) in [5, 5.41) is 12.8. The average Bonchev–Trinajstić information content (AvgIpc) is 2.79. The summed E-state index contributed by atoms with van der Waals surface area (Å²) < 4.78 is 0.